The maximum Gasteiger partial charge on any atom is 0.242 e. The molecule has 0 saturated heterocycles. The highest BCUT2D eigenvalue weighted by molar-refractivity contribution is 5.49. The number of hydrogen-bond acceptors (Lipinski definition) is 5. The van der Waals surface area contributed by atoms with Crippen LogP contribution in [-0.2, 0) is 4.79 Å². The molecule has 0 amide bonds. The highest BCUT2D eigenvalue weighted by Gasteiger charge is 2.09. The maximum absolute atomic E-state index is 11.1. The highest BCUT2D eigenvalue weighted by atomic mass is 16.6. The predicted octanol–water partition coefficient (Wildman–Crippen LogP) is 5.76. The molecule has 0 N–H and O–H groups in total. The molecule has 152 valence electrons. The second-order valence-corrected chi connectivity index (χ2v) is 6.42. The first-order valence-corrected chi connectivity index (χ1v) is 9.78. The minimum absolute atomic E-state index is 0.103. The Morgan fingerprint density at radius 2 is 1.26 bits per heavy atom. The Morgan fingerprint density at radius 1 is 0.778 bits per heavy atom. The van der Waals surface area contributed by atoms with Gasteiger partial charge in [-0.1, -0.05) is 51.2 Å². The summed E-state index contributed by atoms with van der Waals surface area (Å²) in [6.45, 7) is 2.16. The second kappa shape index (κ2) is 17.1. The molecular formula is C20H32N2O5. The monoisotopic (exact) mass is 380 g/mol. The molecule has 0 spiro atoms. The van der Waals surface area contributed by atoms with E-state index in [9.17, 15) is 25.0 Å². The van der Waals surface area contributed by atoms with Crippen molar-refractivity contribution >= 4 is 6.29 Å². The molecule has 0 aliphatic heterocycles. The highest BCUT2D eigenvalue weighted by Crippen LogP contribution is 2.13. The molecule has 0 unspecified atom stereocenters. The number of aldehydes is 1. The fourth-order valence-electron chi connectivity index (χ4n) is 2.59. The van der Waals surface area contributed by atoms with E-state index >= 15 is 0 Å². The minimum atomic E-state index is -0.427. The van der Waals surface area contributed by atoms with E-state index in [0.717, 1.165) is 25.5 Å². The second-order valence-electron chi connectivity index (χ2n) is 6.42. The summed E-state index contributed by atoms with van der Waals surface area (Å²) < 4.78 is 0. The average Bonchev–Trinajstić information content (AvgIpc) is 2.63. The standard InChI is InChI=1S/C20H32N2O5/c1-2-3-4-5-6-9-14-19(21(24)25)15-10-7-8-11-16-20(22(26)27)17-12-13-18-23/h7-8,15-16,18H,2-6,9-14,17H2,1H3/b8-7+,19-15-,20-16-. The van der Waals surface area contributed by atoms with Gasteiger partial charge >= 0.3 is 0 Å². The van der Waals surface area contributed by atoms with Crippen LogP contribution in [0.3, 0.4) is 0 Å². The molecule has 7 nitrogen and oxygen atoms in total. The number of allylic oxidation sites excluding steroid dienone is 6. The normalized spacial score (nSPS) is 12.5. The van der Waals surface area contributed by atoms with Gasteiger partial charge in [-0.15, -0.1) is 0 Å². The van der Waals surface area contributed by atoms with Gasteiger partial charge in [0.05, 0.1) is 9.85 Å². The fraction of sp³-hybridized carbons (Fsp3) is 0.650. The van der Waals surface area contributed by atoms with Crippen LogP contribution in [0.15, 0.2) is 35.7 Å². The van der Waals surface area contributed by atoms with Crippen LogP contribution in [0.2, 0.25) is 0 Å². The Balaban J connectivity index is 4.29. The molecule has 0 aliphatic carbocycles. The van der Waals surface area contributed by atoms with Crippen LogP contribution in [0, 0.1) is 20.2 Å². The summed E-state index contributed by atoms with van der Waals surface area (Å²) in [4.78, 5) is 31.5. The number of hydrogen-bond donors (Lipinski definition) is 0. The van der Waals surface area contributed by atoms with Gasteiger partial charge < -0.3 is 4.79 Å². The Bertz CT molecular complexity index is 538. The summed E-state index contributed by atoms with van der Waals surface area (Å²) >= 11 is 0. The topological polar surface area (TPSA) is 103 Å². The molecule has 0 aromatic carbocycles. The summed E-state index contributed by atoms with van der Waals surface area (Å²) in [5, 5.41) is 22.0. The average molecular weight is 380 g/mol. The lowest BCUT2D eigenvalue weighted by molar-refractivity contribution is -0.428. The number of carbonyl (C=O) groups is 1. The van der Waals surface area contributed by atoms with Crippen molar-refractivity contribution in [1.29, 1.82) is 0 Å². The minimum Gasteiger partial charge on any atom is -0.303 e. The molecular weight excluding hydrogens is 348 g/mol. The van der Waals surface area contributed by atoms with E-state index in [1.54, 1.807) is 18.2 Å². The van der Waals surface area contributed by atoms with E-state index in [4.69, 9.17) is 0 Å². The summed E-state index contributed by atoms with van der Waals surface area (Å²) in [6.07, 6.45) is 16.4. The van der Waals surface area contributed by atoms with Crippen LogP contribution in [0.4, 0.5) is 0 Å². The number of nitrogens with zero attached hydrogens (tertiary/aromatic N) is 2. The summed E-state index contributed by atoms with van der Waals surface area (Å²) in [7, 11) is 0. The van der Waals surface area contributed by atoms with E-state index in [1.807, 2.05) is 0 Å². The van der Waals surface area contributed by atoms with Gasteiger partial charge in [-0.2, -0.15) is 0 Å². The van der Waals surface area contributed by atoms with Crippen molar-refractivity contribution in [1.82, 2.24) is 0 Å². The van der Waals surface area contributed by atoms with Crippen LogP contribution in [0.5, 0.6) is 0 Å². The fourth-order valence-corrected chi connectivity index (χ4v) is 2.59. The van der Waals surface area contributed by atoms with Crippen molar-refractivity contribution < 1.29 is 14.6 Å². The molecule has 7 heteroatoms. The van der Waals surface area contributed by atoms with Gasteiger partial charge in [0.1, 0.15) is 6.29 Å². The number of carbonyl (C=O) groups excluding carboxylic acids is 1. The molecule has 0 bridgehead atoms. The summed E-state index contributed by atoms with van der Waals surface area (Å²) in [6, 6.07) is 0. The number of nitro groups is 2. The Labute approximate surface area is 161 Å². The molecule has 0 aliphatic rings. The third-order valence-corrected chi connectivity index (χ3v) is 4.16. The molecule has 0 rings (SSSR count). The lowest BCUT2D eigenvalue weighted by atomic mass is 10.1. The van der Waals surface area contributed by atoms with Crippen LogP contribution in [0.25, 0.3) is 0 Å². The lowest BCUT2D eigenvalue weighted by Gasteiger charge is -2.00. The van der Waals surface area contributed by atoms with Crippen LogP contribution in [-0.4, -0.2) is 16.1 Å². The van der Waals surface area contributed by atoms with Crippen molar-refractivity contribution in [3.05, 3.63) is 55.9 Å². The smallest absolute Gasteiger partial charge is 0.242 e. The van der Waals surface area contributed by atoms with Crippen LogP contribution in [0.1, 0.15) is 84.0 Å². The van der Waals surface area contributed by atoms with Gasteiger partial charge in [-0.3, -0.25) is 20.2 Å². The van der Waals surface area contributed by atoms with E-state index < -0.39 is 4.92 Å². The first kappa shape index (κ1) is 24.7. The van der Waals surface area contributed by atoms with E-state index in [0.29, 0.717) is 32.1 Å². The maximum atomic E-state index is 11.1. The van der Waals surface area contributed by atoms with Gasteiger partial charge in [0.2, 0.25) is 11.4 Å². The third kappa shape index (κ3) is 14.5. The van der Waals surface area contributed by atoms with Gasteiger partial charge in [0.25, 0.3) is 0 Å². The molecule has 0 saturated carbocycles. The van der Waals surface area contributed by atoms with Crippen LogP contribution < -0.4 is 0 Å². The Hall–Kier alpha value is -2.31. The first-order valence-electron chi connectivity index (χ1n) is 9.78. The van der Waals surface area contributed by atoms with Gasteiger partial charge in [0, 0.05) is 19.3 Å². The quantitative estimate of drug-likeness (QED) is 0.105. The largest absolute Gasteiger partial charge is 0.303 e. The zero-order valence-electron chi connectivity index (χ0n) is 16.3. The molecule has 0 atom stereocenters. The molecule has 0 aromatic heterocycles. The molecule has 0 fully saturated rings. The number of unbranched alkanes of at least 4 members (excludes halogenated alkanes) is 6. The molecule has 0 heterocycles. The van der Waals surface area contributed by atoms with E-state index in [2.05, 4.69) is 6.92 Å². The zero-order valence-corrected chi connectivity index (χ0v) is 16.3. The van der Waals surface area contributed by atoms with Crippen molar-refractivity contribution in [2.24, 2.45) is 0 Å². The van der Waals surface area contributed by atoms with Gasteiger partial charge in [-0.05, 0) is 37.8 Å². The molecule has 27 heavy (non-hydrogen) atoms. The SMILES string of the molecule is CCCCCCCC/C(=C/C/C=C/C/C=C(/CCCC=O)[N+](=O)[O-])[N+](=O)[O-]. The Kier molecular flexibility index (Phi) is 15.7. The van der Waals surface area contributed by atoms with Gasteiger partial charge in [-0.25, -0.2) is 0 Å². The predicted molar refractivity (Wildman–Crippen MR) is 106 cm³/mol. The van der Waals surface area contributed by atoms with E-state index in [1.165, 1.54) is 25.3 Å². The number of rotatable bonds is 17. The molecule has 0 aromatic rings. The molecule has 0 radical (unpaired) electrons. The third-order valence-electron chi connectivity index (χ3n) is 4.16. The van der Waals surface area contributed by atoms with Crippen molar-refractivity contribution in [3.63, 3.8) is 0 Å². The zero-order chi connectivity index (χ0) is 20.3. The lowest BCUT2D eigenvalue weighted by Crippen LogP contribution is -1.99. The van der Waals surface area contributed by atoms with Crippen LogP contribution >= 0.6 is 0 Å². The van der Waals surface area contributed by atoms with Crippen molar-refractivity contribution in [3.8, 4) is 0 Å². The summed E-state index contributed by atoms with van der Waals surface area (Å²) in [5.41, 5.74) is 0.344. The van der Waals surface area contributed by atoms with Gasteiger partial charge in [0.15, 0.2) is 0 Å². The van der Waals surface area contributed by atoms with Crippen molar-refractivity contribution in [2.75, 3.05) is 0 Å². The Morgan fingerprint density at radius 3 is 1.74 bits per heavy atom. The van der Waals surface area contributed by atoms with E-state index in [-0.39, 0.29) is 22.7 Å². The van der Waals surface area contributed by atoms with Crippen molar-refractivity contribution in [2.45, 2.75) is 84.0 Å². The summed E-state index contributed by atoms with van der Waals surface area (Å²) in [5.74, 6) is 0. The first-order chi connectivity index (χ1) is 13.0.